The van der Waals surface area contributed by atoms with Crippen molar-refractivity contribution in [3.63, 3.8) is 0 Å². The Hall–Kier alpha value is -2.43. The maximum Gasteiger partial charge on any atom is 0.220 e. The normalized spacial score (nSPS) is 13.5. The highest BCUT2D eigenvalue weighted by Crippen LogP contribution is 2.16. The van der Waals surface area contributed by atoms with E-state index >= 15 is 0 Å². The van der Waals surface area contributed by atoms with E-state index in [1.54, 1.807) is 6.08 Å². The molecule has 0 aliphatic rings. The number of amides is 1. The molecule has 0 saturated heterocycles. The summed E-state index contributed by atoms with van der Waals surface area (Å²) in [6, 6.07) is -0.621. The summed E-state index contributed by atoms with van der Waals surface area (Å²) in [5.41, 5.74) is 0. The van der Waals surface area contributed by atoms with Crippen LogP contribution in [0.25, 0.3) is 0 Å². The number of rotatable bonds is 50. The lowest BCUT2D eigenvalue weighted by Crippen LogP contribution is -2.45. The van der Waals surface area contributed by atoms with Crippen LogP contribution in [0.4, 0.5) is 0 Å². The van der Waals surface area contributed by atoms with E-state index in [0.29, 0.717) is 6.42 Å². The van der Waals surface area contributed by atoms with Gasteiger partial charge in [0.15, 0.2) is 0 Å². The Bertz CT molecular complexity index is 1150. The van der Waals surface area contributed by atoms with Crippen molar-refractivity contribution < 1.29 is 15.0 Å². The SMILES string of the molecule is CC/C=C\C/C=C\C/C=C\C/C=C\C/C=C\C/C=C\CCCCCCCCCCCCCCCCCCCCCCCCC(=O)NC(CO)C(O)/C=C/CCCCCCCCCCC. The van der Waals surface area contributed by atoms with E-state index in [4.69, 9.17) is 0 Å². The molecule has 0 bridgehead atoms. The molecule has 64 heavy (non-hydrogen) atoms. The summed E-state index contributed by atoms with van der Waals surface area (Å²) in [6.07, 6.45) is 80.4. The summed E-state index contributed by atoms with van der Waals surface area (Å²) in [5, 5.41) is 23.0. The zero-order valence-corrected chi connectivity index (χ0v) is 42.5. The summed E-state index contributed by atoms with van der Waals surface area (Å²) < 4.78 is 0. The number of nitrogens with one attached hydrogen (secondary N) is 1. The van der Waals surface area contributed by atoms with Crippen molar-refractivity contribution in [2.75, 3.05) is 6.61 Å². The average Bonchev–Trinajstić information content (AvgIpc) is 3.30. The van der Waals surface area contributed by atoms with Gasteiger partial charge in [0.25, 0.3) is 0 Å². The van der Waals surface area contributed by atoms with Crippen molar-refractivity contribution in [2.24, 2.45) is 0 Å². The molecule has 0 aromatic heterocycles. The molecule has 2 atom stereocenters. The lowest BCUT2D eigenvalue weighted by molar-refractivity contribution is -0.123. The maximum absolute atomic E-state index is 12.4. The number of carbonyl (C=O) groups excluding carboxylic acids is 1. The van der Waals surface area contributed by atoms with Gasteiger partial charge >= 0.3 is 0 Å². The number of unbranched alkanes of at least 4 members (excludes halogenated alkanes) is 31. The standard InChI is InChI=1S/C60H107NO3/c1-3-5-7-9-11-13-15-16-17-18-19-20-21-22-23-24-25-26-27-28-29-30-31-32-33-34-35-36-37-38-39-40-41-42-43-44-46-48-50-52-54-56-60(64)61-58(57-62)59(63)55-53-51-49-47-45-14-12-10-8-6-4-2/h5,7,11,13,16-17,19-20,22-23,25-26,53,55,58-59,62-63H,3-4,6,8-10,12,14-15,18,21,24,27-52,54,56-57H2,1-2H3,(H,61,64)/b7-5-,13-11-,17-16-,20-19-,23-22-,26-25-,55-53+. The third kappa shape index (κ3) is 50.6. The van der Waals surface area contributed by atoms with Crippen LogP contribution in [-0.2, 0) is 4.79 Å². The van der Waals surface area contributed by atoms with E-state index in [1.807, 2.05) is 6.08 Å². The van der Waals surface area contributed by atoms with Crippen molar-refractivity contribution in [3.05, 3.63) is 85.1 Å². The van der Waals surface area contributed by atoms with Gasteiger partial charge in [-0.15, -0.1) is 0 Å². The second-order valence-corrected chi connectivity index (χ2v) is 18.6. The zero-order chi connectivity index (χ0) is 46.3. The van der Waals surface area contributed by atoms with Gasteiger partial charge in [-0.05, 0) is 70.6 Å². The van der Waals surface area contributed by atoms with Crippen molar-refractivity contribution in [3.8, 4) is 0 Å². The third-order valence-corrected chi connectivity index (χ3v) is 12.4. The van der Waals surface area contributed by atoms with E-state index in [0.717, 1.165) is 64.2 Å². The highest BCUT2D eigenvalue weighted by molar-refractivity contribution is 5.76. The molecule has 0 spiro atoms. The number of allylic oxidation sites excluding steroid dienone is 13. The second-order valence-electron chi connectivity index (χ2n) is 18.6. The number of aliphatic hydroxyl groups excluding tert-OH is 2. The summed E-state index contributed by atoms with van der Waals surface area (Å²) in [5.74, 6) is -0.0637. The molecule has 0 aliphatic carbocycles. The van der Waals surface area contributed by atoms with E-state index in [2.05, 4.69) is 92.1 Å². The van der Waals surface area contributed by atoms with Gasteiger partial charge in [0.05, 0.1) is 18.8 Å². The Kier molecular flexibility index (Phi) is 52.8. The fraction of sp³-hybridized carbons (Fsp3) is 0.750. The van der Waals surface area contributed by atoms with Crippen molar-refractivity contribution in [1.82, 2.24) is 5.32 Å². The summed E-state index contributed by atoms with van der Waals surface area (Å²) >= 11 is 0. The van der Waals surface area contributed by atoms with E-state index in [9.17, 15) is 15.0 Å². The van der Waals surface area contributed by atoms with Crippen molar-refractivity contribution >= 4 is 5.91 Å². The maximum atomic E-state index is 12.4. The lowest BCUT2D eigenvalue weighted by atomic mass is 10.0. The molecule has 0 saturated carbocycles. The minimum atomic E-state index is -0.838. The number of carbonyl (C=O) groups is 1. The van der Waals surface area contributed by atoms with Gasteiger partial charge in [-0.1, -0.05) is 279 Å². The summed E-state index contributed by atoms with van der Waals surface area (Å²) in [7, 11) is 0. The van der Waals surface area contributed by atoms with Crippen LogP contribution in [-0.4, -0.2) is 34.9 Å². The molecule has 0 aromatic carbocycles. The van der Waals surface area contributed by atoms with E-state index in [1.165, 1.54) is 186 Å². The number of hydrogen-bond donors (Lipinski definition) is 3. The second kappa shape index (κ2) is 54.9. The Balaban J connectivity index is 3.42. The quantitative estimate of drug-likeness (QED) is 0.0421. The van der Waals surface area contributed by atoms with Crippen LogP contribution in [0, 0.1) is 0 Å². The Morgan fingerprint density at radius 2 is 0.688 bits per heavy atom. The van der Waals surface area contributed by atoms with Crippen LogP contribution >= 0.6 is 0 Å². The van der Waals surface area contributed by atoms with Gasteiger partial charge in [0.2, 0.25) is 5.91 Å². The Labute approximate surface area is 399 Å². The lowest BCUT2D eigenvalue weighted by Gasteiger charge is -2.20. The van der Waals surface area contributed by atoms with Gasteiger partial charge in [0, 0.05) is 6.42 Å². The highest BCUT2D eigenvalue weighted by Gasteiger charge is 2.18. The Morgan fingerprint density at radius 1 is 0.391 bits per heavy atom. The third-order valence-electron chi connectivity index (χ3n) is 12.4. The number of hydrogen-bond acceptors (Lipinski definition) is 3. The molecule has 0 radical (unpaired) electrons. The van der Waals surface area contributed by atoms with Gasteiger partial charge < -0.3 is 15.5 Å². The fourth-order valence-corrected chi connectivity index (χ4v) is 8.18. The molecule has 0 fully saturated rings. The van der Waals surface area contributed by atoms with Crippen molar-refractivity contribution in [2.45, 2.75) is 283 Å². The molecule has 0 heterocycles. The van der Waals surface area contributed by atoms with Gasteiger partial charge in [-0.2, -0.15) is 0 Å². The molecular weight excluding hydrogens is 783 g/mol. The molecule has 2 unspecified atom stereocenters. The van der Waals surface area contributed by atoms with Crippen LogP contribution < -0.4 is 5.32 Å². The highest BCUT2D eigenvalue weighted by atomic mass is 16.3. The van der Waals surface area contributed by atoms with E-state index in [-0.39, 0.29) is 12.5 Å². The first-order valence-electron chi connectivity index (χ1n) is 27.8. The zero-order valence-electron chi connectivity index (χ0n) is 42.5. The number of aliphatic hydroxyl groups is 2. The van der Waals surface area contributed by atoms with Gasteiger partial charge in [0.1, 0.15) is 0 Å². The molecular formula is C60H107NO3. The molecule has 3 N–H and O–H groups in total. The topological polar surface area (TPSA) is 69.6 Å². The van der Waals surface area contributed by atoms with Crippen LogP contribution in [0.3, 0.4) is 0 Å². The van der Waals surface area contributed by atoms with Gasteiger partial charge in [-0.3, -0.25) is 4.79 Å². The smallest absolute Gasteiger partial charge is 0.220 e. The minimum Gasteiger partial charge on any atom is -0.394 e. The summed E-state index contributed by atoms with van der Waals surface area (Å²) in [4.78, 5) is 12.4. The van der Waals surface area contributed by atoms with Crippen LogP contribution in [0.15, 0.2) is 85.1 Å². The monoisotopic (exact) mass is 890 g/mol. The fourth-order valence-electron chi connectivity index (χ4n) is 8.18. The first kappa shape index (κ1) is 61.6. The molecule has 4 heteroatoms. The molecule has 370 valence electrons. The van der Waals surface area contributed by atoms with Crippen LogP contribution in [0.2, 0.25) is 0 Å². The molecule has 1 amide bonds. The predicted molar refractivity (Wildman–Crippen MR) is 285 cm³/mol. The molecule has 0 rings (SSSR count). The minimum absolute atomic E-state index is 0.0637. The van der Waals surface area contributed by atoms with Crippen molar-refractivity contribution in [1.29, 1.82) is 0 Å². The van der Waals surface area contributed by atoms with Gasteiger partial charge in [-0.25, -0.2) is 0 Å². The first-order valence-corrected chi connectivity index (χ1v) is 27.8. The average molecular weight is 891 g/mol. The molecule has 0 aromatic rings. The van der Waals surface area contributed by atoms with Crippen LogP contribution in [0.1, 0.15) is 271 Å². The van der Waals surface area contributed by atoms with E-state index < -0.39 is 12.1 Å². The molecule has 0 aliphatic heterocycles. The van der Waals surface area contributed by atoms with Crippen LogP contribution in [0.5, 0.6) is 0 Å². The molecule has 4 nitrogen and oxygen atoms in total. The summed E-state index contributed by atoms with van der Waals surface area (Å²) in [6.45, 7) is 4.18. The Morgan fingerprint density at radius 3 is 1.03 bits per heavy atom. The largest absolute Gasteiger partial charge is 0.394 e. The predicted octanol–water partition coefficient (Wildman–Crippen LogP) is 18.4. The first-order chi connectivity index (χ1) is 31.7.